The smallest absolute Gasteiger partial charge is 0.110 e. The lowest BCUT2D eigenvalue weighted by molar-refractivity contribution is -0.190. The van der Waals surface area contributed by atoms with Crippen LogP contribution >= 0.6 is 0 Å². The molecule has 5 atom stereocenters. The van der Waals surface area contributed by atoms with Crippen LogP contribution in [0.3, 0.4) is 0 Å². The van der Waals surface area contributed by atoms with Crippen molar-refractivity contribution >= 4 is 0 Å². The van der Waals surface area contributed by atoms with Crippen molar-refractivity contribution in [2.24, 2.45) is 5.92 Å². The highest BCUT2D eigenvalue weighted by molar-refractivity contribution is 4.95. The topological polar surface area (TPSA) is 104 Å². The number of nitrogens with zero attached hydrogens (tertiary/aromatic N) is 1. The second-order valence-electron chi connectivity index (χ2n) is 4.99. The summed E-state index contributed by atoms with van der Waals surface area (Å²) in [6, 6.07) is -0.751. The molecule has 1 rings (SSSR count). The molecule has 1 aliphatic rings. The maximum atomic E-state index is 10.3. The summed E-state index contributed by atoms with van der Waals surface area (Å²) in [6.45, 7) is 3.58. The summed E-state index contributed by atoms with van der Waals surface area (Å²) >= 11 is 0. The standard InChI is InChI=1S/C12H25NO5/c1-3-7(4-2)12(18)13-5-9(15)11(17)10(16)8(13)6-14/h7-12,14-18H,3-6H2,1-2H3/t8-,9+,10-,11-,12?/m1/s1. The molecule has 0 aromatic carbocycles. The lowest BCUT2D eigenvalue weighted by Crippen LogP contribution is -2.65. The molecule has 1 unspecified atom stereocenters. The van der Waals surface area contributed by atoms with Gasteiger partial charge in [0.25, 0.3) is 0 Å². The molecule has 18 heavy (non-hydrogen) atoms. The maximum Gasteiger partial charge on any atom is 0.110 e. The fourth-order valence-electron chi connectivity index (χ4n) is 2.61. The van der Waals surface area contributed by atoms with E-state index in [1.165, 1.54) is 4.90 Å². The van der Waals surface area contributed by atoms with Gasteiger partial charge in [-0.3, -0.25) is 4.90 Å². The number of hydrogen-bond donors (Lipinski definition) is 5. The second-order valence-corrected chi connectivity index (χ2v) is 4.99. The number of aliphatic hydroxyl groups is 5. The SMILES string of the molecule is CCC(CC)C(O)N1C[C@H](O)[C@@H](O)[C@H](O)[C@H]1CO. The molecule has 0 aromatic rings. The Hall–Kier alpha value is -0.240. The van der Waals surface area contributed by atoms with Crippen molar-refractivity contribution in [3.05, 3.63) is 0 Å². The van der Waals surface area contributed by atoms with Gasteiger partial charge < -0.3 is 25.5 Å². The van der Waals surface area contributed by atoms with Crippen LogP contribution in [0.1, 0.15) is 26.7 Å². The van der Waals surface area contributed by atoms with E-state index in [2.05, 4.69) is 0 Å². The first-order valence-corrected chi connectivity index (χ1v) is 6.56. The third-order valence-electron chi connectivity index (χ3n) is 3.96. The Morgan fingerprint density at radius 1 is 1.11 bits per heavy atom. The molecule has 0 radical (unpaired) electrons. The number of piperidine rings is 1. The van der Waals surface area contributed by atoms with E-state index in [0.717, 1.165) is 12.8 Å². The largest absolute Gasteiger partial charge is 0.395 e. The van der Waals surface area contributed by atoms with E-state index in [0.29, 0.717) is 0 Å². The first-order chi connectivity index (χ1) is 8.47. The fraction of sp³-hybridized carbons (Fsp3) is 1.00. The van der Waals surface area contributed by atoms with Crippen LogP contribution in [0, 0.1) is 5.92 Å². The molecule has 0 amide bonds. The zero-order chi connectivity index (χ0) is 13.9. The number of β-amino-alcohol motifs (C(OH)–C–C–N with tert-alkyl or cyclic N) is 1. The highest BCUT2D eigenvalue weighted by Crippen LogP contribution is 2.25. The van der Waals surface area contributed by atoms with Crippen molar-refractivity contribution in [2.45, 2.75) is 57.3 Å². The Morgan fingerprint density at radius 2 is 1.67 bits per heavy atom. The van der Waals surface area contributed by atoms with Gasteiger partial charge in [-0.25, -0.2) is 0 Å². The summed E-state index contributed by atoms with van der Waals surface area (Å²) < 4.78 is 0. The van der Waals surface area contributed by atoms with Crippen LogP contribution in [0.15, 0.2) is 0 Å². The quantitative estimate of drug-likeness (QED) is 0.413. The number of hydrogen-bond acceptors (Lipinski definition) is 6. The van der Waals surface area contributed by atoms with Gasteiger partial charge in [-0.1, -0.05) is 13.8 Å². The first kappa shape index (κ1) is 15.8. The molecular weight excluding hydrogens is 238 g/mol. The molecule has 1 saturated heterocycles. The van der Waals surface area contributed by atoms with E-state index in [1.54, 1.807) is 0 Å². The zero-order valence-corrected chi connectivity index (χ0v) is 11.0. The summed E-state index contributed by atoms with van der Waals surface area (Å²) in [5, 5.41) is 48.7. The normalized spacial score (nSPS) is 36.0. The lowest BCUT2D eigenvalue weighted by atomic mass is 9.91. The zero-order valence-electron chi connectivity index (χ0n) is 11.0. The van der Waals surface area contributed by atoms with Gasteiger partial charge in [0.2, 0.25) is 0 Å². The number of rotatable bonds is 5. The van der Waals surface area contributed by atoms with Crippen LogP contribution in [0.4, 0.5) is 0 Å². The molecule has 1 aliphatic heterocycles. The predicted octanol–water partition coefficient (Wildman–Crippen LogP) is -1.50. The van der Waals surface area contributed by atoms with Gasteiger partial charge in [-0.05, 0) is 18.8 Å². The Kier molecular flexibility index (Phi) is 5.97. The molecule has 6 heteroatoms. The van der Waals surface area contributed by atoms with Crippen molar-refractivity contribution in [3.63, 3.8) is 0 Å². The van der Waals surface area contributed by atoms with Crippen LogP contribution in [-0.2, 0) is 0 Å². The van der Waals surface area contributed by atoms with E-state index in [9.17, 15) is 25.5 Å². The Balaban J connectivity index is 2.84. The van der Waals surface area contributed by atoms with Crippen LogP contribution in [0.5, 0.6) is 0 Å². The average Bonchev–Trinajstić information content (AvgIpc) is 2.36. The van der Waals surface area contributed by atoms with E-state index >= 15 is 0 Å². The summed E-state index contributed by atoms with van der Waals surface area (Å²) in [5.41, 5.74) is 0. The van der Waals surface area contributed by atoms with Gasteiger partial charge in [0.15, 0.2) is 0 Å². The second kappa shape index (κ2) is 6.79. The molecular formula is C12H25NO5. The highest BCUT2D eigenvalue weighted by atomic mass is 16.4. The molecule has 0 aromatic heterocycles. The summed E-state index contributed by atoms with van der Waals surface area (Å²) in [5.74, 6) is 0.00805. The molecule has 1 fully saturated rings. The maximum absolute atomic E-state index is 10.3. The molecule has 0 aliphatic carbocycles. The van der Waals surface area contributed by atoms with Crippen molar-refractivity contribution in [1.29, 1.82) is 0 Å². The minimum absolute atomic E-state index is 0.00805. The Morgan fingerprint density at radius 3 is 2.11 bits per heavy atom. The van der Waals surface area contributed by atoms with Crippen molar-refractivity contribution < 1.29 is 25.5 Å². The highest BCUT2D eigenvalue weighted by Gasteiger charge is 2.44. The summed E-state index contributed by atoms with van der Waals surface area (Å²) in [4.78, 5) is 1.49. The molecule has 0 bridgehead atoms. The Bertz CT molecular complexity index is 249. The van der Waals surface area contributed by atoms with Crippen molar-refractivity contribution in [2.75, 3.05) is 13.2 Å². The molecule has 5 N–H and O–H groups in total. The molecule has 108 valence electrons. The minimum Gasteiger partial charge on any atom is -0.395 e. The van der Waals surface area contributed by atoms with Gasteiger partial charge in [0.1, 0.15) is 18.4 Å². The summed E-state index contributed by atoms with van der Waals surface area (Å²) in [6.07, 6.45) is -2.97. The minimum atomic E-state index is -1.28. The van der Waals surface area contributed by atoms with Crippen LogP contribution in [0.25, 0.3) is 0 Å². The van der Waals surface area contributed by atoms with Gasteiger partial charge in [-0.15, -0.1) is 0 Å². The molecule has 6 nitrogen and oxygen atoms in total. The van der Waals surface area contributed by atoms with Gasteiger partial charge >= 0.3 is 0 Å². The monoisotopic (exact) mass is 263 g/mol. The van der Waals surface area contributed by atoms with Crippen molar-refractivity contribution in [1.82, 2.24) is 4.90 Å². The third kappa shape index (κ3) is 3.01. The van der Waals surface area contributed by atoms with E-state index in [-0.39, 0.29) is 19.1 Å². The van der Waals surface area contributed by atoms with Crippen LogP contribution in [0.2, 0.25) is 0 Å². The molecule has 0 spiro atoms. The van der Waals surface area contributed by atoms with Gasteiger partial charge in [-0.2, -0.15) is 0 Å². The summed E-state index contributed by atoms with van der Waals surface area (Å²) in [7, 11) is 0. The fourth-order valence-corrected chi connectivity index (χ4v) is 2.61. The van der Waals surface area contributed by atoms with E-state index < -0.39 is 30.6 Å². The van der Waals surface area contributed by atoms with Gasteiger partial charge in [0, 0.05) is 6.54 Å². The molecule has 1 heterocycles. The lowest BCUT2D eigenvalue weighted by Gasteiger charge is -2.46. The average molecular weight is 263 g/mol. The van der Waals surface area contributed by atoms with Crippen LogP contribution < -0.4 is 0 Å². The van der Waals surface area contributed by atoms with Crippen molar-refractivity contribution in [3.8, 4) is 0 Å². The first-order valence-electron chi connectivity index (χ1n) is 6.56. The van der Waals surface area contributed by atoms with E-state index in [4.69, 9.17) is 0 Å². The number of aliphatic hydroxyl groups excluding tert-OH is 5. The van der Waals surface area contributed by atoms with Gasteiger partial charge in [0.05, 0.1) is 18.8 Å². The predicted molar refractivity (Wildman–Crippen MR) is 65.7 cm³/mol. The number of likely N-dealkylation sites (tertiary alicyclic amines) is 1. The van der Waals surface area contributed by atoms with Crippen LogP contribution in [-0.4, -0.2) is 74.2 Å². The Labute approximate surface area is 107 Å². The molecule has 0 saturated carbocycles. The third-order valence-corrected chi connectivity index (χ3v) is 3.96. The van der Waals surface area contributed by atoms with E-state index in [1.807, 2.05) is 13.8 Å².